The summed E-state index contributed by atoms with van der Waals surface area (Å²) in [5, 5.41) is 3.76. The zero-order chi connectivity index (χ0) is 15.5. The van der Waals surface area contributed by atoms with Gasteiger partial charge < -0.3 is 5.32 Å². The molecule has 1 heterocycles. The van der Waals surface area contributed by atoms with Crippen LogP contribution in [-0.4, -0.2) is 57.0 Å². The fraction of sp³-hybridized carbons (Fsp3) is 1.00. The Hall–Kier alpha value is -0.130. The van der Waals surface area contributed by atoms with E-state index in [1.807, 2.05) is 0 Å². The van der Waals surface area contributed by atoms with E-state index >= 15 is 0 Å². The van der Waals surface area contributed by atoms with E-state index in [-0.39, 0.29) is 5.75 Å². The minimum Gasteiger partial charge on any atom is -0.311 e. The van der Waals surface area contributed by atoms with Gasteiger partial charge >= 0.3 is 0 Å². The number of sulfone groups is 1. The lowest BCUT2D eigenvalue weighted by atomic mass is 9.82. The molecule has 1 N–H and O–H groups in total. The van der Waals surface area contributed by atoms with Crippen molar-refractivity contribution in [2.45, 2.75) is 58.0 Å². The van der Waals surface area contributed by atoms with Crippen molar-refractivity contribution in [1.82, 2.24) is 10.2 Å². The molecule has 0 bridgehead atoms. The first kappa shape index (κ1) is 17.2. The number of nitrogens with zero attached hydrogens (tertiary/aromatic N) is 1. The second kappa shape index (κ2) is 7.42. The first-order valence-electron chi connectivity index (χ1n) is 8.52. The van der Waals surface area contributed by atoms with E-state index in [9.17, 15) is 8.42 Å². The van der Waals surface area contributed by atoms with Crippen LogP contribution in [0.25, 0.3) is 0 Å². The fourth-order valence-corrected chi connectivity index (χ4v) is 4.47. The standard InChI is InChI=1S/C16H32N2O2S/c1-13(2)16-11-17-15(14-7-5-4-6-8-14)12-18(16)9-10-21(3,19)20/h13-17H,4-12H2,1-3H3. The highest BCUT2D eigenvalue weighted by Gasteiger charge is 2.34. The van der Waals surface area contributed by atoms with Crippen molar-refractivity contribution in [2.24, 2.45) is 11.8 Å². The molecule has 4 nitrogen and oxygen atoms in total. The molecule has 0 aromatic rings. The van der Waals surface area contributed by atoms with Gasteiger partial charge in [-0.2, -0.15) is 0 Å². The zero-order valence-corrected chi connectivity index (χ0v) is 14.7. The molecular weight excluding hydrogens is 284 g/mol. The number of piperazine rings is 1. The van der Waals surface area contributed by atoms with E-state index in [0.29, 0.717) is 24.5 Å². The molecule has 21 heavy (non-hydrogen) atoms. The van der Waals surface area contributed by atoms with Crippen LogP contribution in [0.5, 0.6) is 0 Å². The van der Waals surface area contributed by atoms with Crippen molar-refractivity contribution in [3.8, 4) is 0 Å². The summed E-state index contributed by atoms with van der Waals surface area (Å²) < 4.78 is 23.0. The van der Waals surface area contributed by atoms with E-state index in [1.165, 1.54) is 38.4 Å². The quantitative estimate of drug-likeness (QED) is 0.842. The van der Waals surface area contributed by atoms with Crippen molar-refractivity contribution in [3.05, 3.63) is 0 Å². The molecule has 2 rings (SSSR count). The van der Waals surface area contributed by atoms with Crippen LogP contribution in [0.1, 0.15) is 46.0 Å². The highest BCUT2D eigenvalue weighted by Crippen LogP contribution is 2.29. The summed E-state index contributed by atoms with van der Waals surface area (Å²) in [6.07, 6.45) is 8.13. The van der Waals surface area contributed by atoms with Crippen LogP contribution in [-0.2, 0) is 9.84 Å². The summed E-state index contributed by atoms with van der Waals surface area (Å²) in [5.41, 5.74) is 0. The molecule has 0 spiro atoms. The maximum atomic E-state index is 11.5. The molecule has 5 heteroatoms. The van der Waals surface area contributed by atoms with Gasteiger partial charge in [0.25, 0.3) is 0 Å². The van der Waals surface area contributed by atoms with Crippen molar-refractivity contribution in [1.29, 1.82) is 0 Å². The summed E-state index contributed by atoms with van der Waals surface area (Å²) in [6.45, 7) is 7.18. The molecule has 2 fully saturated rings. The average Bonchev–Trinajstić information content (AvgIpc) is 2.45. The van der Waals surface area contributed by atoms with Crippen LogP contribution in [0, 0.1) is 11.8 Å². The van der Waals surface area contributed by atoms with Gasteiger partial charge in [0.1, 0.15) is 9.84 Å². The number of hydrogen-bond donors (Lipinski definition) is 1. The first-order chi connectivity index (χ1) is 9.87. The molecule has 1 saturated carbocycles. The lowest BCUT2D eigenvalue weighted by Crippen LogP contribution is -2.61. The molecule has 1 saturated heterocycles. The monoisotopic (exact) mass is 316 g/mol. The Morgan fingerprint density at radius 2 is 1.86 bits per heavy atom. The Balaban J connectivity index is 1.97. The van der Waals surface area contributed by atoms with Gasteiger partial charge in [-0.25, -0.2) is 8.42 Å². The zero-order valence-electron chi connectivity index (χ0n) is 13.8. The maximum absolute atomic E-state index is 11.5. The van der Waals surface area contributed by atoms with Crippen LogP contribution < -0.4 is 5.32 Å². The van der Waals surface area contributed by atoms with Crippen LogP contribution in [0.4, 0.5) is 0 Å². The second-order valence-electron chi connectivity index (χ2n) is 7.35. The first-order valence-corrected chi connectivity index (χ1v) is 10.6. The Morgan fingerprint density at radius 1 is 1.19 bits per heavy atom. The lowest BCUT2D eigenvalue weighted by molar-refractivity contribution is 0.0776. The summed E-state index contributed by atoms with van der Waals surface area (Å²) in [5.74, 6) is 1.63. The highest BCUT2D eigenvalue weighted by molar-refractivity contribution is 7.90. The third kappa shape index (κ3) is 5.22. The van der Waals surface area contributed by atoms with E-state index in [1.54, 1.807) is 0 Å². The molecule has 1 aliphatic carbocycles. The molecule has 124 valence electrons. The predicted molar refractivity (Wildman–Crippen MR) is 88.3 cm³/mol. The van der Waals surface area contributed by atoms with Crippen LogP contribution in [0.3, 0.4) is 0 Å². The Bertz CT molecular complexity index is 416. The van der Waals surface area contributed by atoms with Crippen LogP contribution in [0.15, 0.2) is 0 Å². The summed E-state index contributed by atoms with van der Waals surface area (Å²) in [4.78, 5) is 2.43. The van der Waals surface area contributed by atoms with Gasteiger partial charge in [-0.05, 0) is 24.7 Å². The Labute approximate surface area is 130 Å². The summed E-state index contributed by atoms with van der Waals surface area (Å²) >= 11 is 0. The van der Waals surface area contributed by atoms with E-state index < -0.39 is 9.84 Å². The Kier molecular flexibility index (Phi) is 6.09. The van der Waals surface area contributed by atoms with Crippen molar-refractivity contribution in [3.63, 3.8) is 0 Å². The number of hydrogen-bond acceptors (Lipinski definition) is 4. The van der Waals surface area contributed by atoms with Crippen LogP contribution in [0.2, 0.25) is 0 Å². The predicted octanol–water partition coefficient (Wildman–Crippen LogP) is 1.91. The minimum atomic E-state index is -2.88. The Morgan fingerprint density at radius 3 is 2.43 bits per heavy atom. The normalized spacial score (nSPS) is 29.9. The highest BCUT2D eigenvalue weighted by atomic mass is 32.2. The molecule has 0 aromatic carbocycles. The second-order valence-corrected chi connectivity index (χ2v) is 9.61. The van der Waals surface area contributed by atoms with Gasteiger partial charge in [0.15, 0.2) is 0 Å². The summed E-state index contributed by atoms with van der Waals surface area (Å²) in [7, 11) is -2.88. The smallest absolute Gasteiger partial charge is 0.148 e. The molecule has 2 atom stereocenters. The summed E-state index contributed by atoms with van der Waals surface area (Å²) in [6, 6.07) is 1.02. The molecule has 2 unspecified atom stereocenters. The molecule has 0 amide bonds. The fourth-order valence-electron chi connectivity index (χ4n) is 3.90. The van der Waals surface area contributed by atoms with Gasteiger partial charge in [-0.15, -0.1) is 0 Å². The molecule has 1 aliphatic heterocycles. The van der Waals surface area contributed by atoms with Gasteiger partial charge in [0, 0.05) is 38.0 Å². The number of nitrogens with one attached hydrogen (secondary N) is 1. The van der Waals surface area contributed by atoms with Crippen molar-refractivity contribution in [2.75, 3.05) is 31.6 Å². The largest absolute Gasteiger partial charge is 0.311 e. The SMILES string of the molecule is CC(C)C1CNC(C2CCCCC2)CN1CCS(C)(=O)=O. The van der Waals surface area contributed by atoms with E-state index in [2.05, 4.69) is 24.1 Å². The minimum absolute atomic E-state index is 0.285. The van der Waals surface area contributed by atoms with Gasteiger partial charge in [0.2, 0.25) is 0 Å². The van der Waals surface area contributed by atoms with Crippen LogP contribution >= 0.6 is 0 Å². The van der Waals surface area contributed by atoms with Gasteiger partial charge in [-0.3, -0.25) is 4.90 Å². The van der Waals surface area contributed by atoms with Gasteiger partial charge in [0.05, 0.1) is 5.75 Å². The molecular formula is C16H32N2O2S. The third-order valence-corrected chi connectivity index (χ3v) is 6.15. The molecule has 2 aliphatic rings. The van der Waals surface area contributed by atoms with E-state index in [0.717, 1.165) is 19.0 Å². The molecule has 0 aromatic heterocycles. The number of rotatable bonds is 5. The maximum Gasteiger partial charge on any atom is 0.148 e. The lowest BCUT2D eigenvalue weighted by Gasteiger charge is -2.45. The van der Waals surface area contributed by atoms with Gasteiger partial charge in [-0.1, -0.05) is 33.1 Å². The van der Waals surface area contributed by atoms with Crippen molar-refractivity contribution >= 4 is 9.84 Å². The average molecular weight is 317 g/mol. The van der Waals surface area contributed by atoms with E-state index in [4.69, 9.17) is 0 Å². The molecule has 0 radical (unpaired) electrons. The third-order valence-electron chi connectivity index (χ3n) is 5.23. The topological polar surface area (TPSA) is 49.4 Å². The van der Waals surface area contributed by atoms with Crippen molar-refractivity contribution < 1.29 is 8.42 Å².